The quantitative estimate of drug-likeness (QED) is 0.664. The zero-order valence-corrected chi connectivity index (χ0v) is 8.05. The Morgan fingerprint density at radius 3 is 2.67 bits per heavy atom. The van der Waals surface area contributed by atoms with Gasteiger partial charge in [-0.25, -0.2) is 4.79 Å². The highest BCUT2D eigenvalue weighted by atomic mass is 16.2. The molecule has 0 aromatic carbocycles. The first-order chi connectivity index (χ1) is 5.66. The highest BCUT2D eigenvalue weighted by Gasteiger charge is 1.92. The predicted molar refractivity (Wildman–Crippen MR) is 50.8 cm³/mol. The lowest BCUT2D eigenvalue weighted by molar-refractivity contribution is 0.244. The van der Waals surface area contributed by atoms with Gasteiger partial charge < -0.3 is 10.6 Å². The minimum atomic E-state index is -0.131. The van der Waals surface area contributed by atoms with E-state index in [2.05, 4.69) is 24.5 Å². The molecule has 0 fully saturated rings. The van der Waals surface area contributed by atoms with Crippen LogP contribution in [0.3, 0.4) is 0 Å². The summed E-state index contributed by atoms with van der Waals surface area (Å²) in [5.74, 6) is 0.469. The summed E-state index contributed by atoms with van der Waals surface area (Å²) in [5.41, 5.74) is 0. The third-order valence-electron chi connectivity index (χ3n) is 1.23. The molecule has 0 rings (SSSR count). The molecule has 0 saturated carbocycles. The number of carbonyl (C=O) groups excluding carboxylic acids is 1. The lowest BCUT2D eigenvalue weighted by atomic mass is 10.2. The number of carbonyl (C=O) groups is 1. The van der Waals surface area contributed by atoms with E-state index in [1.807, 2.05) is 13.0 Å². The molecule has 0 aliphatic carbocycles. The second kappa shape index (κ2) is 6.70. The average Bonchev–Trinajstić information content (AvgIpc) is 2.00. The monoisotopic (exact) mass is 170 g/mol. The summed E-state index contributed by atoms with van der Waals surface area (Å²) in [6.07, 6.45) is 4.57. The Labute approximate surface area is 74.2 Å². The molecule has 12 heavy (non-hydrogen) atoms. The van der Waals surface area contributed by atoms with E-state index in [0.29, 0.717) is 5.92 Å². The summed E-state index contributed by atoms with van der Waals surface area (Å²) in [5, 5.41) is 5.32. The number of rotatable bonds is 4. The molecule has 0 aliphatic rings. The minimum Gasteiger partial charge on any atom is -0.338 e. The van der Waals surface area contributed by atoms with Crippen LogP contribution in [0.5, 0.6) is 0 Å². The first kappa shape index (κ1) is 11.0. The summed E-state index contributed by atoms with van der Waals surface area (Å²) >= 11 is 0. The van der Waals surface area contributed by atoms with Gasteiger partial charge in [-0.15, -0.1) is 0 Å². The Bertz CT molecular complexity index is 153. The van der Waals surface area contributed by atoms with Crippen LogP contribution in [0.1, 0.15) is 27.2 Å². The number of amides is 2. The molecule has 3 nitrogen and oxygen atoms in total. The van der Waals surface area contributed by atoms with Crippen molar-refractivity contribution in [2.75, 3.05) is 6.54 Å². The first-order valence-corrected chi connectivity index (χ1v) is 4.37. The largest absolute Gasteiger partial charge is 0.338 e. The van der Waals surface area contributed by atoms with E-state index in [1.165, 1.54) is 0 Å². The summed E-state index contributed by atoms with van der Waals surface area (Å²) < 4.78 is 0. The molecule has 0 unspecified atom stereocenters. The van der Waals surface area contributed by atoms with Gasteiger partial charge in [-0.05, 0) is 12.3 Å². The van der Waals surface area contributed by atoms with E-state index in [1.54, 1.807) is 6.20 Å². The van der Waals surface area contributed by atoms with Crippen LogP contribution in [0.25, 0.3) is 0 Å². The molecule has 0 saturated heterocycles. The number of urea groups is 1. The molecule has 70 valence electrons. The molecule has 0 spiro atoms. The maximum atomic E-state index is 10.9. The van der Waals surface area contributed by atoms with Gasteiger partial charge in [0.15, 0.2) is 0 Å². The Kier molecular flexibility index (Phi) is 6.15. The van der Waals surface area contributed by atoms with E-state index >= 15 is 0 Å². The van der Waals surface area contributed by atoms with E-state index in [-0.39, 0.29) is 6.03 Å². The van der Waals surface area contributed by atoms with Gasteiger partial charge in [0.05, 0.1) is 0 Å². The minimum absolute atomic E-state index is 0.131. The molecule has 2 N–H and O–H groups in total. The first-order valence-electron chi connectivity index (χ1n) is 4.37. The van der Waals surface area contributed by atoms with E-state index in [4.69, 9.17) is 0 Å². The highest BCUT2D eigenvalue weighted by Crippen LogP contribution is 1.90. The van der Waals surface area contributed by atoms with Crippen LogP contribution in [-0.2, 0) is 0 Å². The maximum Gasteiger partial charge on any atom is 0.318 e. The van der Waals surface area contributed by atoms with Crippen molar-refractivity contribution < 1.29 is 4.79 Å². The summed E-state index contributed by atoms with van der Waals surface area (Å²) in [4.78, 5) is 10.9. The summed E-state index contributed by atoms with van der Waals surface area (Å²) in [6, 6.07) is -0.131. The molecule has 3 heteroatoms. The van der Waals surface area contributed by atoms with Gasteiger partial charge in [0.25, 0.3) is 0 Å². The fourth-order valence-electron chi connectivity index (χ4n) is 0.606. The molecule has 0 aromatic heterocycles. The van der Waals surface area contributed by atoms with Crippen molar-refractivity contribution in [3.63, 3.8) is 0 Å². The number of allylic oxidation sites excluding steroid dienone is 1. The van der Waals surface area contributed by atoms with E-state index in [9.17, 15) is 4.79 Å². The van der Waals surface area contributed by atoms with Gasteiger partial charge in [-0.3, -0.25) is 0 Å². The molecular formula is C9H18N2O. The predicted octanol–water partition coefficient (Wildman–Crippen LogP) is 1.87. The highest BCUT2D eigenvalue weighted by molar-refractivity contribution is 5.74. The standard InChI is InChI=1S/C9H18N2O/c1-4-6-10-9(12)11-7-5-8(2)3/h5,7-8H,4,6H2,1-3H3,(H2,10,11,12)/b7-5+. The molecule has 0 aliphatic heterocycles. The lowest BCUT2D eigenvalue weighted by Gasteiger charge is -2.01. The SMILES string of the molecule is CCCNC(=O)N/C=C/C(C)C. The summed E-state index contributed by atoms with van der Waals surface area (Å²) in [6.45, 7) is 6.86. The Balaban J connectivity index is 3.43. The maximum absolute atomic E-state index is 10.9. The number of hydrogen-bond donors (Lipinski definition) is 2. The van der Waals surface area contributed by atoms with Gasteiger partial charge >= 0.3 is 6.03 Å². The van der Waals surface area contributed by atoms with Crippen LogP contribution < -0.4 is 10.6 Å². The van der Waals surface area contributed by atoms with Crippen molar-refractivity contribution in [2.24, 2.45) is 5.92 Å². The fourth-order valence-corrected chi connectivity index (χ4v) is 0.606. The second-order valence-electron chi connectivity index (χ2n) is 3.00. The Hall–Kier alpha value is -0.990. The third kappa shape index (κ3) is 7.12. The topological polar surface area (TPSA) is 41.1 Å². The third-order valence-corrected chi connectivity index (χ3v) is 1.23. The van der Waals surface area contributed by atoms with Crippen molar-refractivity contribution in [2.45, 2.75) is 27.2 Å². The number of hydrogen-bond acceptors (Lipinski definition) is 1. The van der Waals surface area contributed by atoms with Crippen LogP contribution in [0.4, 0.5) is 4.79 Å². The van der Waals surface area contributed by atoms with Crippen LogP contribution in [0.15, 0.2) is 12.3 Å². The molecule has 0 atom stereocenters. The number of nitrogens with one attached hydrogen (secondary N) is 2. The lowest BCUT2D eigenvalue weighted by Crippen LogP contribution is -2.32. The Morgan fingerprint density at radius 2 is 2.17 bits per heavy atom. The van der Waals surface area contributed by atoms with Crippen LogP contribution in [0, 0.1) is 5.92 Å². The van der Waals surface area contributed by atoms with Gasteiger partial charge in [0.2, 0.25) is 0 Å². The van der Waals surface area contributed by atoms with Crippen molar-refractivity contribution in [3.8, 4) is 0 Å². The van der Waals surface area contributed by atoms with Gasteiger partial charge in [0, 0.05) is 12.7 Å². The van der Waals surface area contributed by atoms with Crippen molar-refractivity contribution in [3.05, 3.63) is 12.3 Å². The van der Waals surface area contributed by atoms with E-state index < -0.39 is 0 Å². The molecule has 0 radical (unpaired) electrons. The van der Waals surface area contributed by atoms with Gasteiger partial charge in [-0.2, -0.15) is 0 Å². The van der Waals surface area contributed by atoms with Crippen LogP contribution in [-0.4, -0.2) is 12.6 Å². The fraction of sp³-hybridized carbons (Fsp3) is 0.667. The zero-order chi connectivity index (χ0) is 9.40. The normalized spacial score (nSPS) is 10.7. The zero-order valence-electron chi connectivity index (χ0n) is 8.05. The van der Waals surface area contributed by atoms with Crippen LogP contribution in [0.2, 0.25) is 0 Å². The molecular weight excluding hydrogens is 152 g/mol. The Morgan fingerprint density at radius 1 is 1.50 bits per heavy atom. The van der Waals surface area contributed by atoms with Crippen molar-refractivity contribution in [1.82, 2.24) is 10.6 Å². The van der Waals surface area contributed by atoms with Crippen molar-refractivity contribution >= 4 is 6.03 Å². The smallest absolute Gasteiger partial charge is 0.318 e. The van der Waals surface area contributed by atoms with Crippen LogP contribution >= 0.6 is 0 Å². The molecule has 2 amide bonds. The molecule has 0 heterocycles. The summed E-state index contributed by atoms with van der Waals surface area (Å²) in [7, 11) is 0. The van der Waals surface area contributed by atoms with Gasteiger partial charge in [-0.1, -0.05) is 26.8 Å². The average molecular weight is 170 g/mol. The van der Waals surface area contributed by atoms with E-state index in [0.717, 1.165) is 13.0 Å². The van der Waals surface area contributed by atoms with Crippen molar-refractivity contribution in [1.29, 1.82) is 0 Å². The molecule has 0 aromatic rings. The molecule has 0 bridgehead atoms. The second-order valence-corrected chi connectivity index (χ2v) is 3.00. The van der Waals surface area contributed by atoms with Gasteiger partial charge in [0.1, 0.15) is 0 Å².